The quantitative estimate of drug-likeness (QED) is 0.670. The fourth-order valence-electron chi connectivity index (χ4n) is 1.57. The Balaban J connectivity index is 2.08. The number of carbonyl (C=O) groups excluding carboxylic acids is 2. The van der Waals surface area contributed by atoms with Crippen molar-refractivity contribution in [2.24, 2.45) is 5.73 Å². The first-order valence-electron chi connectivity index (χ1n) is 5.71. The number of nitrogens with two attached hydrogens (primary N) is 1. The number of aromatic amines is 1. The lowest BCUT2D eigenvalue weighted by Crippen LogP contribution is -2.19. The van der Waals surface area contributed by atoms with E-state index in [1.165, 1.54) is 18.3 Å². The van der Waals surface area contributed by atoms with E-state index in [-0.39, 0.29) is 11.1 Å². The first-order chi connectivity index (χ1) is 9.54. The zero-order valence-electron chi connectivity index (χ0n) is 10.3. The summed E-state index contributed by atoms with van der Waals surface area (Å²) in [6.45, 7) is 0. The van der Waals surface area contributed by atoms with Crippen LogP contribution in [0.2, 0.25) is 0 Å². The molecule has 7 nitrogen and oxygen atoms in total. The summed E-state index contributed by atoms with van der Waals surface area (Å²) in [7, 11) is 0. The van der Waals surface area contributed by atoms with Gasteiger partial charge in [-0.2, -0.15) is 0 Å². The zero-order valence-corrected chi connectivity index (χ0v) is 10.3. The lowest BCUT2D eigenvalue weighted by atomic mass is 10.2. The van der Waals surface area contributed by atoms with Crippen LogP contribution in [0.25, 0.3) is 0 Å². The van der Waals surface area contributed by atoms with Crippen molar-refractivity contribution in [1.82, 2.24) is 4.98 Å². The maximum absolute atomic E-state index is 11.9. The van der Waals surface area contributed by atoms with Crippen molar-refractivity contribution < 1.29 is 9.59 Å². The SMILES string of the molecule is NC(=O)Nc1ccc(NC(=O)c2cc[nH]c(=O)c2)cc1. The third-order valence-corrected chi connectivity index (χ3v) is 2.45. The van der Waals surface area contributed by atoms with Gasteiger partial charge in [-0.25, -0.2) is 4.79 Å². The number of primary amides is 1. The van der Waals surface area contributed by atoms with Crippen molar-refractivity contribution >= 4 is 23.3 Å². The monoisotopic (exact) mass is 272 g/mol. The lowest BCUT2D eigenvalue weighted by molar-refractivity contribution is 0.102. The number of carbonyl (C=O) groups is 2. The van der Waals surface area contributed by atoms with E-state index < -0.39 is 11.9 Å². The van der Waals surface area contributed by atoms with E-state index >= 15 is 0 Å². The molecular weight excluding hydrogens is 260 g/mol. The summed E-state index contributed by atoms with van der Waals surface area (Å²) in [6.07, 6.45) is 1.40. The minimum atomic E-state index is -0.662. The van der Waals surface area contributed by atoms with Gasteiger partial charge in [0.2, 0.25) is 5.56 Å². The van der Waals surface area contributed by atoms with E-state index in [4.69, 9.17) is 5.73 Å². The number of hydrogen-bond donors (Lipinski definition) is 4. The summed E-state index contributed by atoms with van der Waals surface area (Å²) in [6, 6.07) is 8.45. The van der Waals surface area contributed by atoms with Crippen LogP contribution in [0.5, 0.6) is 0 Å². The molecule has 0 saturated heterocycles. The van der Waals surface area contributed by atoms with Gasteiger partial charge in [0, 0.05) is 29.2 Å². The molecule has 2 rings (SSSR count). The number of urea groups is 1. The Hall–Kier alpha value is -3.09. The number of anilines is 2. The molecule has 1 heterocycles. The van der Waals surface area contributed by atoms with E-state index in [9.17, 15) is 14.4 Å². The van der Waals surface area contributed by atoms with E-state index in [0.717, 1.165) is 0 Å². The normalized spacial score (nSPS) is 9.80. The summed E-state index contributed by atoms with van der Waals surface area (Å²) >= 11 is 0. The van der Waals surface area contributed by atoms with Crippen LogP contribution in [-0.4, -0.2) is 16.9 Å². The van der Waals surface area contributed by atoms with Crippen LogP contribution in [0.3, 0.4) is 0 Å². The maximum Gasteiger partial charge on any atom is 0.316 e. The number of nitrogens with one attached hydrogen (secondary N) is 3. The number of hydrogen-bond acceptors (Lipinski definition) is 3. The van der Waals surface area contributed by atoms with E-state index in [0.29, 0.717) is 11.4 Å². The number of H-pyrrole nitrogens is 1. The molecule has 0 aliphatic carbocycles. The first kappa shape index (κ1) is 13.3. The zero-order chi connectivity index (χ0) is 14.5. The Morgan fingerprint density at radius 3 is 2.15 bits per heavy atom. The number of benzene rings is 1. The minimum Gasteiger partial charge on any atom is -0.351 e. The number of aromatic nitrogens is 1. The second kappa shape index (κ2) is 5.70. The molecule has 0 fully saturated rings. The second-order valence-corrected chi connectivity index (χ2v) is 3.96. The summed E-state index contributed by atoms with van der Waals surface area (Å²) in [5.74, 6) is -0.397. The van der Waals surface area contributed by atoms with Gasteiger partial charge in [-0.15, -0.1) is 0 Å². The average Bonchev–Trinajstić information content (AvgIpc) is 2.40. The van der Waals surface area contributed by atoms with Gasteiger partial charge in [-0.05, 0) is 30.3 Å². The molecule has 0 aliphatic heterocycles. The largest absolute Gasteiger partial charge is 0.351 e. The smallest absolute Gasteiger partial charge is 0.316 e. The van der Waals surface area contributed by atoms with Crippen LogP contribution in [0, 0.1) is 0 Å². The van der Waals surface area contributed by atoms with Gasteiger partial charge in [0.25, 0.3) is 5.91 Å². The van der Waals surface area contributed by atoms with Crippen LogP contribution in [0.4, 0.5) is 16.2 Å². The molecule has 0 atom stereocenters. The van der Waals surface area contributed by atoms with Gasteiger partial charge in [0.1, 0.15) is 0 Å². The van der Waals surface area contributed by atoms with Crippen molar-refractivity contribution in [2.45, 2.75) is 0 Å². The van der Waals surface area contributed by atoms with Crippen molar-refractivity contribution in [3.8, 4) is 0 Å². The molecule has 20 heavy (non-hydrogen) atoms. The molecule has 0 aliphatic rings. The van der Waals surface area contributed by atoms with E-state index in [1.54, 1.807) is 24.3 Å². The van der Waals surface area contributed by atoms with Crippen LogP contribution in [0.15, 0.2) is 47.4 Å². The highest BCUT2D eigenvalue weighted by Crippen LogP contribution is 2.14. The third kappa shape index (κ3) is 3.45. The van der Waals surface area contributed by atoms with E-state index in [1.807, 2.05) is 0 Å². The number of amides is 3. The molecule has 5 N–H and O–H groups in total. The van der Waals surface area contributed by atoms with E-state index in [2.05, 4.69) is 15.6 Å². The molecule has 7 heteroatoms. The molecule has 0 radical (unpaired) electrons. The fraction of sp³-hybridized carbons (Fsp3) is 0. The fourth-order valence-corrected chi connectivity index (χ4v) is 1.57. The molecule has 0 bridgehead atoms. The standard InChI is InChI=1S/C13H12N4O3/c14-13(20)17-10-3-1-9(2-4-10)16-12(19)8-5-6-15-11(18)7-8/h1-7H,(H,15,18)(H,16,19)(H3,14,17,20). The highest BCUT2D eigenvalue weighted by atomic mass is 16.2. The van der Waals surface area contributed by atoms with Gasteiger partial charge in [0.15, 0.2) is 0 Å². The van der Waals surface area contributed by atoms with Crippen molar-refractivity contribution in [2.75, 3.05) is 10.6 Å². The molecule has 3 amide bonds. The Morgan fingerprint density at radius 1 is 1.00 bits per heavy atom. The molecule has 0 saturated carbocycles. The summed E-state index contributed by atoms with van der Waals surface area (Å²) in [5.41, 5.74) is 5.94. The third-order valence-electron chi connectivity index (χ3n) is 2.45. The summed E-state index contributed by atoms with van der Waals surface area (Å²) in [5, 5.41) is 5.04. The Kier molecular flexibility index (Phi) is 3.80. The molecule has 0 unspecified atom stereocenters. The predicted octanol–water partition coefficient (Wildman–Crippen LogP) is 1.12. The highest BCUT2D eigenvalue weighted by Gasteiger charge is 2.06. The van der Waals surface area contributed by atoms with Crippen molar-refractivity contribution in [1.29, 1.82) is 0 Å². The number of rotatable bonds is 3. The molecule has 2 aromatic rings. The van der Waals surface area contributed by atoms with Crippen LogP contribution in [0.1, 0.15) is 10.4 Å². The maximum atomic E-state index is 11.9. The van der Waals surface area contributed by atoms with Gasteiger partial charge >= 0.3 is 6.03 Å². The Bertz CT molecular complexity index is 691. The molecule has 102 valence electrons. The van der Waals surface area contributed by atoms with Crippen LogP contribution >= 0.6 is 0 Å². The second-order valence-electron chi connectivity index (χ2n) is 3.96. The molecule has 0 spiro atoms. The molecular formula is C13H12N4O3. The first-order valence-corrected chi connectivity index (χ1v) is 5.71. The topological polar surface area (TPSA) is 117 Å². The predicted molar refractivity (Wildman–Crippen MR) is 74.7 cm³/mol. The molecule has 1 aromatic heterocycles. The number of pyridine rings is 1. The van der Waals surface area contributed by atoms with Gasteiger partial charge in [-0.1, -0.05) is 0 Å². The highest BCUT2D eigenvalue weighted by molar-refractivity contribution is 6.04. The lowest BCUT2D eigenvalue weighted by Gasteiger charge is -2.06. The van der Waals surface area contributed by atoms with Crippen molar-refractivity contribution in [3.63, 3.8) is 0 Å². The minimum absolute atomic E-state index is 0.257. The summed E-state index contributed by atoms with van der Waals surface area (Å²) < 4.78 is 0. The van der Waals surface area contributed by atoms with Gasteiger partial charge in [0.05, 0.1) is 0 Å². The van der Waals surface area contributed by atoms with Gasteiger partial charge in [-0.3, -0.25) is 9.59 Å². The Morgan fingerprint density at radius 2 is 1.60 bits per heavy atom. The summed E-state index contributed by atoms with van der Waals surface area (Å²) in [4.78, 5) is 36.1. The van der Waals surface area contributed by atoms with Gasteiger partial charge < -0.3 is 21.4 Å². The Labute approximate surface area is 113 Å². The van der Waals surface area contributed by atoms with Crippen LogP contribution < -0.4 is 21.9 Å². The average molecular weight is 272 g/mol. The van der Waals surface area contributed by atoms with Crippen LogP contribution in [-0.2, 0) is 0 Å². The molecule has 1 aromatic carbocycles. The van der Waals surface area contributed by atoms with Crippen molar-refractivity contribution in [3.05, 3.63) is 58.5 Å².